The van der Waals surface area contributed by atoms with Gasteiger partial charge in [-0.1, -0.05) is 19.0 Å². The highest BCUT2D eigenvalue weighted by Crippen LogP contribution is 2.30. The summed E-state index contributed by atoms with van der Waals surface area (Å²) in [5, 5.41) is 3.96. The second kappa shape index (κ2) is 4.18. The molecule has 2 rings (SSSR count). The Hall–Kier alpha value is -1.10. The van der Waals surface area contributed by atoms with E-state index in [1.165, 1.54) is 12.8 Å². The number of hydrogen-bond donors (Lipinski definition) is 1. The van der Waals surface area contributed by atoms with Gasteiger partial charge in [0, 0.05) is 25.0 Å². The Labute approximate surface area is 89.6 Å². The van der Waals surface area contributed by atoms with E-state index in [-0.39, 0.29) is 0 Å². The molecule has 0 saturated heterocycles. The predicted octanol–water partition coefficient (Wildman–Crippen LogP) is 1.12. The zero-order valence-electron chi connectivity index (χ0n) is 9.31. The van der Waals surface area contributed by atoms with E-state index in [1.54, 1.807) is 0 Å². The van der Waals surface area contributed by atoms with E-state index in [2.05, 4.69) is 28.9 Å². The lowest BCUT2D eigenvalue weighted by molar-refractivity contribution is 0.403. The third kappa shape index (κ3) is 2.28. The molecule has 15 heavy (non-hydrogen) atoms. The fraction of sp³-hybridized carbons (Fsp3) is 0.800. The molecule has 0 spiro atoms. The SMILES string of the molecule is CC(C)c1noc(N(CCN)C2CC2)n1. The minimum Gasteiger partial charge on any atom is -0.329 e. The first-order valence-electron chi connectivity index (χ1n) is 5.52. The normalized spacial score (nSPS) is 16.0. The molecule has 0 atom stereocenters. The van der Waals surface area contributed by atoms with Crippen molar-refractivity contribution in [1.82, 2.24) is 10.1 Å². The van der Waals surface area contributed by atoms with E-state index >= 15 is 0 Å². The maximum atomic E-state index is 5.57. The predicted molar refractivity (Wildman–Crippen MR) is 57.8 cm³/mol. The highest BCUT2D eigenvalue weighted by molar-refractivity contribution is 5.30. The van der Waals surface area contributed by atoms with Crippen LogP contribution in [0.5, 0.6) is 0 Å². The van der Waals surface area contributed by atoms with Gasteiger partial charge in [0.15, 0.2) is 5.82 Å². The highest BCUT2D eigenvalue weighted by atomic mass is 16.5. The molecule has 0 radical (unpaired) electrons. The number of nitrogens with zero attached hydrogens (tertiary/aromatic N) is 3. The van der Waals surface area contributed by atoms with Crippen LogP contribution in [0.1, 0.15) is 38.4 Å². The fourth-order valence-electron chi connectivity index (χ4n) is 1.54. The van der Waals surface area contributed by atoms with Crippen LogP contribution < -0.4 is 10.6 Å². The summed E-state index contributed by atoms with van der Waals surface area (Å²) in [5.74, 6) is 1.08. The van der Waals surface area contributed by atoms with Gasteiger partial charge in [0.1, 0.15) is 0 Å². The maximum Gasteiger partial charge on any atom is 0.324 e. The fourth-order valence-corrected chi connectivity index (χ4v) is 1.54. The number of hydrogen-bond acceptors (Lipinski definition) is 5. The molecular formula is C10H18N4O. The van der Waals surface area contributed by atoms with Crippen LogP contribution in [0.3, 0.4) is 0 Å². The van der Waals surface area contributed by atoms with E-state index in [0.29, 0.717) is 24.5 Å². The first-order chi connectivity index (χ1) is 7.22. The Bertz CT molecular complexity index is 319. The van der Waals surface area contributed by atoms with Crippen molar-refractivity contribution >= 4 is 6.01 Å². The van der Waals surface area contributed by atoms with Crippen molar-refractivity contribution in [2.45, 2.75) is 38.6 Å². The lowest BCUT2D eigenvalue weighted by Crippen LogP contribution is -2.31. The van der Waals surface area contributed by atoms with Gasteiger partial charge in [0.2, 0.25) is 0 Å². The van der Waals surface area contributed by atoms with Crippen molar-refractivity contribution in [2.75, 3.05) is 18.0 Å². The topological polar surface area (TPSA) is 68.2 Å². The molecule has 0 bridgehead atoms. The molecular weight excluding hydrogens is 192 g/mol. The van der Waals surface area contributed by atoms with Crippen LogP contribution in [0.25, 0.3) is 0 Å². The number of anilines is 1. The average Bonchev–Trinajstić information content (AvgIpc) is 2.91. The molecule has 1 aliphatic carbocycles. The van der Waals surface area contributed by atoms with Crippen molar-refractivity contribution in [2.24, 2.45) is 5.73 Å². The Morgan fingerprint density at radius 3 is 2.73 bits per heavy atom. The van der Waals surface area contributed by atoms with Crippen molar-refractivity contribution in [3.05, 3.63) is 5.82 Å². The van der Waals surface area contributed by atoms with Crippen LogP contribution in [-0.4, -0.2) is 29.3 Å². The largest absolute Gasteiger partial charge is 0.329 e. The monoisotopic (exact) mass is 210 g/mol. The zero-order valence-corrected chi connectivity index (χ0v) is 9.31. The molecule has 1 aromatic rings. The summed E-state index contributed by atoms with van der Waals surface area (Å²) in [5.41, 5.74) is 5.57. The van der Waals surface area contributed by atoms with E-state index in [9.17, 15) is 0 Å². The molecule has 1 saturated carbocycles. The van der Waals surface area contributed by atoms with Crippen LogP contribution in [0.2, 0.25) is 0 Å². The molecule has 5 nitrogen and oxygen atoms in total. The smallest absolute Gasteiger partial charge is 0.324 e. The van der Waals surface area contributed by atoms with Crippen LogP contribution >= 0.6 is 0 Å². The van der Waals surface area contributed by atoms with Gasteiger partial charge in [-0.25, -0.2) is 0 Å². The van der Waals surface area contributed by atoms with Gasteiger partial charge in [-0.3, -0.25) is 0 Å². The van der Waals surface area contributed by atoms with Crippen molar-refractivity contribution in [3.63, 3.8) is 0 Å². The van der Waals surface area contributed by atoms with Gasteiger partial charge < -0.3 is 15.2 Å². The summed E-state index contributed by atoms with van der Waals surface area (Å²) in [7, 11) is 0. The van der Waals surface area contributed by atoms with E-state index in [4.69, 9.17) is 10.3 Å². The Morgan fingerprint density at radius 2 is 2.27 bits per heavy atom. The van der Waals surface area contributed by atoms with Crippen LogP contribution in [0.4, 0.5) is 6.01 Å². The summed E-state index contributed by atoms with van der Waals surface area (Å²) in [6.45, 7) is 5.53. The summed E-state index contributed by atoms with van der Waals surface area (Å²) in [4.78, 5) is 6.51. The third-order valence-corrected chi connectivity index (χ3v) is 2.55. The highest BCUT2D eigenvalue weighted by Gasteiger charge is 2.32. The zero-order chi connectivity index (χ0) is 10.8. The molecule has 1 heterocycles. The second-order valence-electron chi connectivity index (χ2n) is 4.30. The summed E-state index contributed by atoms with van der Waals surface area (Å²) < 4.78 is 5.25. The molecule has 2 N–H and O–H groups in total. The van der Waals surface area contributed by atoms with Crippen LogP contribution in [0.15, 0.2) is 4.52 Å². The minimum absolute atomic E-state index is 0.307. The lowest BCUT2D eigenvalue weighted by atomic mass is 10.2. The molecule has 1 aliphatic rings. The first-order valence-corrected chi connectivity index (χ1v) is 5.52. The minimum atomic E-state index is 0.307. The lowest BCUT2D eigenvalue weighted by Gasteiger charge is -2.17. The number of nitrogens with two attached hydrogens (primary N) is 1. The van der Waals surface area contributed by atoms with Gasteiger partial charge >= 0.3 is 6.01 Å². The van der Waals surface area contributed by atoms with Crippen molar-refractivity contribution in [1.29, 1.82) is 0 Å². The molecule has 84 valence electrons. The Kier molecular flexibility index (Phi) is 2.90. The molecule has 0 unspecified atom stereocenters. The summed E-state index contributed by atoms with van der Waals surface area (Å²) >= 11 is 0. The molecule has 0 aliphatic heterocycles. The van der Waals surface area contributed by atoms with Crippen molar-refractivity contribution < 1.29 is 4.52 Å². The summed E-state index contributed by atoms with van der Waals surface area (Å²) in [6.07, 6.45) is 2.42. The van der Waals surface area contributed by atoms with E-state index < -0.39 is 0 Å². The second-order valence-corrected chi connectivity index (χ2v) is 4.30. The first kappa shape index (κ1) is 10.4. The van der Waals surface area contributed by atoms with Crippen LogP contribution in [0, 0.1) is 0 Å². The molecule has 5 heteroatoms. The van der Waals surface area contributed by atoms with Crippen LogP contribution in [-0.2, 0) is 0 Å². The van der Waals surface area contributed by atoms with Gasteiger partial charge in [-0.05, 0) is 12.8 Å². The Balaban J connectivity index is 2.10. The molecule has 1 fully saturated rings. The van der Waals surface area contributed by atoms with E-state index in [0.717, 1.165) is 12.4 Å². The van der Waals surface area contributed by atoms with Gasteiger partial charge in [-0.2, -0.15) is 4.98 Å². The van der Waals surface area contributed by atoms with Gasteiger partial charge in [0.25, 0.3) is 0 Å². The van der Waals surface area contributed by atoms with Gasteiger partial charge in [-0.15, -0.1) is 0 Å². The Morgan fingerprint density at radius 1 is 1.53 bits per heavy atom. The van der Waals surface area contributed by atoms with Crippen molar-refractivity contribution in [3.8, 4) is 0 Å². The van der Waals surface area contributed by atoms with Gasteiger partial charge in [0.05, 0.1) is 0 Å². The molecule has 0 amide bonds. The number of aromatic nitrogens is 2. The maximum absolute atomic E-state index is 5.57. The standard InChI is InChI=1S/C10H18N4O/c1-7(2)9-12-10(15-13-9)14(6-5-11)8-3-4-8/h7-8H,3-6,11H2,1-2H3. The average molecular weight is 210 g/mol. The molecule has 0 aromatic carbocycles. The summed E-state index contributed by atoms with van der Waals surface area (Å²) in [6, 6.07) is 1.20. The number of rotatable bonds is 5. The quantitative estimate of drug-likeness (QED) is 0.788. The third-order valence-electron chi connectivity index (χ3n) is 2.55. The molecule has 1 aromatic heterocycles. The van der Waals surface area contributed by atoms with E-state index in [1.807, 2.05) is 0 Å².